The van der Waals surface area contributed by atoms with Crippen molar-refractivity contribution < 1.29 is 22.8 Å². The van der Waals surface area contributed by atoms with Gasteiger partial charge in [0.1, 0.15) is 5.69 Å². The second kappa shape index (κ2) is 7.24. The quantitative estimate of drug-likeness (QED) is 0.904. The summed E-state index contributed by atoms with van der Waals surface area (Å²) in [5, 5.41) is 2.65. The van der Waals surface area contributed by atoms with Gasteiger partial charge in [-0.2, -0.15) is 13.2 Å². The van der Waals surface area contributed by atoms with Crippen molar-refractivity contribution >= 4 is 11.8 Å². The summed E-state index contributed by atoms with van der Waals surface area (Å²) in [6.07, 6.45) is -3.68. The van der Waals surface area contributed by atoms with Gasteiger partial charge in [-0.15, -0.1) is 0 Å². The number of nitrogens with zero attached hydrogens (tertiary/aromatic N) is 2. The highest BCUT2D eigenvalue weighted by Gasteiger charge is 2.32. The van der Waals surface area contributed by atoms with Gasteiger partial charge >= 0.3 is 6.18 Å². The monoisotopic (exact) mass is 317 g/mol. The van der Waals surface area contributed by atoms with E-state index >= 15 is 0 Å². The summed E-state index contributed by atoms with van der Waals surface area (Å²) in [6.45, 7) is 5.35. The van der Waals surface area contributed by atoms with E-state index < -0.39 is 17.8 Å². The van der Waals surface area contributed by atoms with E-state index in [1.165, 1.54) is 4.90 Å². The number of alkyl halides is 3. The molecule has 0 aromatic carbocycles. The van der Waals surface area contributed by atoms with Crippen molar-refractivity contribution in [1.29, 1.82) is 0 Å². The maximum Gasteiger partial charge on any atom is 0.433 e. The number of hydrogen-bond acceptors (Lipinski definition) is 3. The first-order valence-electron chi connectivity index (χ1n) is 6.77. The lowest BCUT2D eigenvalue weighted by atomic mass is 10.2. The van der Waals surface area contributed by atoms with E-state index in [-0.39, 0.29) is 30.6 Å². The molecule has 0 spiro atoms. The fraction of sp³-hybridized carbons (Fsp3) is 0.500. The topological polar surface area (TPSA) is 62.3 Å². The number of likely N-dealkylation sites (N-methyl/N-ethyl adjacent to an activating group) is 1. The number of hydrogen-bond donors (Lipinski definition) is 1. The molecule has 0 bridgehead atoms. The van der Waals surface area contributed by atoms with Crippen molar-refractivity contribution in [2.45, 2.75) is 33.0 Å². The smallest absolute Gasteiger partial charge is 0.352 e. The number of nitrogens with one attached hydrogen (secondary N) is 1. The first-order valence-corrected chi connectivity index (χ1v) is 6.77. The molecular weight excluding hydrogens is 299 g/mol. The maximum atomic E-state index is 12.4. The molecule has 1 heterocycles. The van der Waals surface area contributed by atoms with E-state index in [2.05, 4.69) is 10.3 Å². The predicted octanol–water partition coefficient (Wildman–Crippen LogP) is 2.09. The van der Waals surface area contributed by atoms with Crippen LogP contribution in [0.5, 0.6) is 0 Å². The molecular formula is C14H18F3N3O2. The van der Waals surface area contributed by atoms with Crippen molar-refractivity contribution in [3.63, 3.8) is 0 Å². The van der Waals surface area contributed by atoms with Crippen molar-refractivity contribution in [2.75, 3.05) is 13.1 Å². The van der Waals surface area contributed by atoms with Crippen LogP contribution < -0.4 is 5.32 Å². The number of pyridine rings is 1. The van der Waals surface area contributed by atoms with Gasteiger partial charge in [0, 0.05) is 18.8 Å². The van der Waals surface area contributed by atoms with E-state index in [1.54, 1.807) is 20.8 Å². The second-order valence-corrected chi connectivity index (χ2v) is 4.97. The Bertz CT molecular complexity index is 527. The van der Waals surface area contributed by atoms with E-state index in [0.717, 1.165) is 18.3 Å². The van der Waals surface area contributed by atoms with Crippen molar-refractivity contribution in [2.24, 2.45) is 0 Å². The normalized spacial score (nSPS) is 11.4. The molecule has 0 aliphatic carbocycles. The first kappa shape index (κ1) is 17.9. The maximum absolute atomic E-state index is 12.4. The predicted molar refractivity (Wildman–Crippen MR) is 74.1 cm³/mol. The Morgan fingerprint density at radius 3 is 2.36 bits per heavy atom. The molecule has 5 nitrogen and oxygen atoms in total. The average molecular weight is 317 g/mol. The molecule has 0 radical (unpaired) electrons. The van der Waals surface area contributed by atoms with Crippen LogP contribution in [-0.4, -0.2) is 40.8 Å². The van der Waals surface area contributed by atoms with Gasteiger partial charge < -0.3 is 10.2 Å². The third kappa shape index (κ3) is 5.01. The lowest BCUT2D eigenvalue weighted by Gasteiger charge is -2.21. The fourth-order valence-corrected chi connectivity index (χ4v) is 1.74. The van der Waals surface area contributed by atoms with E-state index in [0.29, 0.717) is 0 Å². The minimum atomic E-state index is -4.55. The lowest BCUT2D eigenvalue weighted by molar-refractivity contribution is -0.141. The number of amides is 2. The van der Waals surface area contributed by atoms with E-state index in [4.69, 9.17) is 0 Å². The molecule has 0 fully saturated rings. The Morgan fingerprint density at radius 2 is 1.95 bits per heavy atom. The van der Waals surface area contributed by atoms with Gasteiger partial charge in [0.25, 0.3) is 5.91 Å². The molecule has 1 N–H and O–H groups in total. The van der Waals surface area contributed by atoms with Crippen molar-refractivity contribution in [1.82, 2.24) is 15.2 Å². The Balaban J connectivity index is 2.81. The minimum absolute atomic E-state index is 0.00666. The summed E-state index contributed by atoms with van der Waals surface area (Å²) in [5.74, 6) is -0.868. The molecule has 0 saturated heterocycles. The summed E-state index contributed by atoms with van der Waals surface area (Å²) >= 11 is 0. The zero-order chi connectivity index (χ0) is 16.9. The molecule has 1 aromatic heterocycles. The number of carbonyl (C=O) groups is 2. The third-order valence-corrected chi connectivity index (χ3v) is 2.75. The molecule has 122 valence electrons. The highest BCUT2D eigenvalue weighted by molar-refractivity contribution is 5.96. The molecule has 1 aromatic rings. The summed E-state index contributed by atoms with van der Waals surface area (Å²) in [4.78, 5) is 28.3. The first-order chi connectivity index (χ1) is 10.1. The van der Waals surface area contributed by atoms with Gasteiger partial charge in [-0.05, 0) is 32.9 Å². The SMILES string of the molecule is CCN(CC(=O)NC(C)C)C(=O)c1ccc(C(F)(F)F)nc1. The molecule has 0 saturated carbocycles. The Labute approximate surface area is 126 Å². The van der Waals surface area contributed by atoms with E-state index in [9.17, 15) is 22.8 Å². The molecule has 22 heavy (non-hydrogen) atoms. The van der Waals surface area contributed by atoms with Gasteiger partial charge in [0.15, 0.2) is 0 Å². The zero-order valence-corrected chi connectivity index (χ0v) is 12.6. The Kier molecular flexibility index (Phi) is 5.90. The summed E-state index contributed by atoms with van der Waals surface area (Å²) < 4.78 is 37.3. The van der Waals surface area contributed by atoms with Crippen LogP contribution in [0.4, 0.5) is 13.2 Å². The second-order valence-electron chi connectivity index (χ2n) is 4.97. The average Bonchev–Trinajstić information content (AvgIpc) is 2.42. The third-order valence-electron chi connectivity index (χ3n) is 2.75. The Hall–Kier alpha value is -2.12. The number of aromatic nitrogens is 1. The van der Waals surface area contributed by atoms with E-state index in [1.807, 2.05) is 0 Å². The van der Waals surface area contributed by atoms with Crippen LogP contribution in [0.1, 0.15) is 36.8 Å². The molecule has 2 amide bonds. The molecule has 0 aliphatic heterocycles. The summed E-state index contributed by atoms with van der Waals surface area (Å²) in [6, 6.07) is 1.74. The number of halogens is 3. The van der Waals surface area contributed by atoms with Crippen LogP contribution in [-0.2, 0) is 11.0 Å². The van der Waals surface area contributed by atoms with Crippen LogP contribution in [0, 0.1) is 0 Å². The van der Waals surface area contributed by atoms with Crippen LogP contribution in [0.25, 0.3) is 0 Å². The molecule has 1 rings (SSSR count). The summed E-state index contributed by atoms with van der Waals surface area (Å²) in [5.41, 5.74) is -1.06. The van der Waals surface area contributed by atoms with Crippen LogP contribution in [0.15, 0.2) is 18.3 Å². The lowest BCUT2D eigenvalue weighted by Crippen LogP contribution is -2.42. The fourth-order valence-electron chi connectivity index (χ4n) is 1.74. The number of rotatable bonds is 5. The number of carbonyl (C=O) groups excluding carboxylic acids is 2. The Morgan fingerprint density at radius 1 is 1.32 bits per heavy atom. The van der Waals surface area contributed by atoms with Gasteiger partial charge in [0.2, 0.25) is 5.91 Å². The highest BCUT2D eigenvalue weighted by atomic mass is 19.4. The zero-order valence-electron chi connectivity index (χ0n) is 12.6. The van der Waals surface area contributed by atoms with Crippen LogP contribution in [0.3, 0.4) is 0 Å². The van der Waals surface area contributed by atoms with Crippen molar-refractivity contribution in [3.05, 3.63) is 29.6 Å². The standard InChI is InChI=1S/C14H18F3N3O2/c1-4-20(8-12(21)19-9(2)3)13(22)10-5-6-11(18-7-10)14(15,16)17/h5-7,9H,4,8H2,1-3H3,(H,19,21). The van der Waals surface area contributed by atoms with Gasteiger partial charge in [-0.25, -0.2) is 0 Å². The molecule has 0 unspecified atom stereocenters. The minimum Gasteiger partial charge on any atom is -0.352 e. The van der Waals surface area contributed by atoms with Gasteiger partial charge in [-0.1, -0.05) is 0 Å². The molecule has 0 aliphatic rings. The van der Waals surface area contributed by atoms with Crippen LogP contribution in [0.2, 0.25) is 0 Å². The largest absolute Gasteiger partial charge is 0.433 e. The molecule has 0 atom stereocenters. The summed E-state index contributed by atoms with van der Waals surface area (Å²) in [7, 11) is 0. The van der Waals surface area contributed by atoms with Gasteiger partial charge in [0.05, 0.1) is 12.1 Å². The van der Waals surface area contributed by atoms with Crippen LogP contribution >= 0.6 is 0 Å². The molecule has 8 heteroatoms. The van der Waals surface area contributed by atoms with Gasteiger partial charge in [-0.3, -0.25) is 14.6 Å². The van der Waals surface area contributed by atoms with Crippen molar-refractivity contribution in [3.8, 4) is 0 Å². The highest BCUT2D eigenvalue weighted by Crippen LogP contribution is 2.27.